The molecular formula is C6H6F3N3. The van der Waals surface area contributed by atoms with Crippen molar-refractivity contribution in [3.05, 3.63) is 17.6 Å². The third kappa shape index (κ3) is 1.27. The fourth-order valence-corrected chi connectivity index (χ4v) is 0.752. The summed E-state index contributed by atoms with van der Waals surface area (Å²) < 4.78 is 36.9. The van der Waals surface area contributed by atoms with Crippen LogP contribution in [-0.2, 0) is 0 Å². The highest BCUT2D eigenvalue weighted by Gasteiger charge is 2.19. The molecule has 0 aromatic carbocycles. The van der Waals surface area contributed by atoms with Crippen molar-refractivity contribution in [2.45, 2.75) is 6.43 Å². The Morgan fingerprint density at radius 3 is 2.33 bits per heavy atom. The lowest BCUT2D eigenvalue weighted by Gasteiger charge is -2.06. The number of pyridine rings is 1. The lowest BCUT2D eigenvalue weighted by Crippen LogP contribution is -2.04. The predicted octanol–water partition coefficient (Wildman–Crippen LogP) is 1.32. The van der Waals surface area contributed by atoms with Crippen molar-refractivity contribution in [3.63, 3.8) is 0 Å². The van der Waals surface area contributed by atoms with E-state index < -0.39 is 29.3 Å². The van der Waals surface area contributed by atoms with Gasteiger partial charge in [-0.05, 0) is 0 Å². The molecule has 0 atom stereocenters. The van der Waals surface area contributed by atoms with Crippen LogP contribution in [0.2, 0.25) is 0 Å². The molecule has 1 heterocycles. The summed E-state index contributed by atoms with van der Waals surface area (Å²) >= 11 is 0. The molecule has 1 rings (SSSR count). The van der Waals surface area contributed by atoms with Gasteiger partial charge in [0.2, 0.25) is 0 Å². The van der Waals surface area contributed by atoms with Crippen molar-refractivity contribution in [1.82, 2.24) is 4.98 Å². The molecule has 1 aromatic heterocycles. The van der Waals surface area contributed by atoms with E-state index in [4.69, 9.17) is 11.5 Å². The number of nitrogen functional groups attached to an aromatic ring is 2. The lowest BCUT2D eigenvalue weighted by molar-refractivity contribution is 0.147. The van der Waals surface area contributed by atoms with Gasteiger partial charge in [-0.3, -0.25) is 0 Å². The normalized spacial score (nSPS) is 10.7. The van der Waals surface area contributed by atoms with Crippen LogP contribution in [0.15, 0.2) is 6.20 Å². The van der Waals surface area contributed by atoms with Crippen LogP contribution in [0.5, 0.6) is 0 Å². The van der Waals surface area contributed by atoms with E-state index in [1.54, 1.807) is 0 Å². The number of anilines is 2. The maximum atomic E-state index is 12.8. The van der Waals surface area contributed by atoms with Crippen LogP contribution < -0.4 is 11.5 Å². The highest BCUT2D eigenvalue weighted by atomic mass is 19.3. The number of hydrogen-bond acceptors (Lipinski definition) is 3. The second-order valence-corrected chi connectivity index (χ2v) is 2.13. The average Bonchev–Trinajstić information content (AvgIpc) is 1.97. The van der Waals surface area contributed by atoms with Gasteiger partial charge in [-0.25, -0.2) is 18.2 Å². The van der Waals surface area contributed by atoms with Crippen LogP contribution in [0.1, 0.15) is 12.0 Å². The monoisotopic (exact) mass is 177 g/mol. The summed E-state index contributed by atoms with van der Waals surface area (Å²) in [6.45, 7) is 0. The summed E-state index contributed by atoms with van der Waals surface area (Å²) in [5.74, 6) is -1.82. The van der Waals surface area contributed by atoms with Crippen LogP contribution in [0.4, 0.5) is 24.7 Å². The smallest absolute Gasteiger partial charge is 0.268 e. The topological polar surface area (TPSA) is 64.9 Å². The Hall–Kier alpha value is -1.46. The molecule has 6 heteroatoms. The molecule has 1 aromatic rings. The van der Waals surface area contributed by atoms with E-state index >= 15 is 0 Å². The number of aromatic nitrogens is 1. The van der Waals surface area contributed by atoms with Crippen LogP contribution in [0, 0.1) is 5.82 Å². The molecule has 0 amide bonds. The molecule has 0 aliphatic carbocycles. The molecule has 0 saturated carbocycles. The maximum absolute atomic E-state index is 12.8. The first kappa shape index (κ1) is 8.63. The molecule has 12 heavy (non-hydrogen) atoms. The molecule has 0 saturated heterocycles. The molecule has 0 spiro atoms. The summed E-state index contributed by atoms with van der Waals surface area (Å²) in [4.78, 5) is 3.27. The van der Waals surface area contributed by atoms with Crippen molar-refractivity contribution in [2.75, 3.05) is 11.5 Å². The highest BCUT2D eigenvalue weighted by Crippen LogP contribution is 2.28. The summed E-state index contributed by atoms with van der Waals surface area (Å²) in [7, 11) is 0. The van der Waals surface area contributed by atoms with E-state index in [2.05, 4.69) is 4.98 Å². The van der Waals surface area contributed by atoms with Crippen molar-refractivity contribution >= 4 is 11.5 Å². The summed E-state index contributed by atoms with van der Waals surface area (Å²) in [5, 5.41) is 0. The average molecular weight is 177 g/mol. The van der Waals surface area contributed by atoms with E-state index in [0.717, 1.165) is 6.20 Å². The SMILES string of the molecule is Nc1cnc(N)c(F)c1C(F)F. The fraction of sp³-hybridized carbons (Fsp3) is 0.167. The van der Waals surface area contributed by atoms with Crippen molar-refractivity contribution < 1.29 is 13.2 Å². The number of nitrogens with two attached hydrogens (primary N) is 2. The van der Waals surface area contributed by atoms with Crippen molar-refractivity contribution in [1.29, 1.82) is 0 Å². The zero-order valence-electron chi connectivity index (χ0n) is 5.89. The van der Waals surface area contributed by atoms with Crippen LogP contribution in [-0.4, -0.2) is 4.98 Å². The highest BCUT2D eigenvalue weighted by molar-refractivity contribution is 5.51. The summed E-state index contributed by atoms with van der Waals surface area (Å²) in [6, 6.07) is 0. The second-order valence-electron chi connectivity index (χ2n) is 2.13. The molecule has 66 valence electrons. The standard InChI is InChI=1S/C6H6F3N3/c7-4-3(5(8)9)2(10)1-12-6(4)11/h1,5H,10H2,(H2,11,12). The van der Waals surface area contributed by atoms with E-state index in [1.165, 1.54) is 0 Å². The van der Waals surface area contributed by atoms with Crippen LogP contribution >= 0.6 is 0 Å². The Balaban J connectivity index is 3.33. The minimum atomic E-state index is -2.98. The Morgan fingerprint density at radius 2 is 1.92 bits per heavy atom. The van der Waals surface area contributed by atoms with E-state index in [0.29, 0.717) is 0 Å². The summed E-state index contributed by atoms with van der Waals surface area (Å²) in [5.41, 5.74) is 8.73. The lowest BCUT2D eigenvalue weighted by atomic mass is 10.2. The minimum Gasteiger partial charge on any atom is -0.397 e. The van der Waals surface area contributed by atoms with Gasteiger partial charge in [0.1, 0.15) is 0 Å². The third-order valence-corrected chi connectivity index (χ3v) is 1.33. The maximum Gasteiger partial charge on any atom is 0.268 e. The molecule has 4 N–H and O–H groups in total. The van der Waals surface area contributed by atoms with E-state index in [9.17, 15) is 13.2 Å². The Labute approximate surface area is 66.2 Å². The zero-order valence-corrected chi connectivity index (χ0v) is 5.89. The van der Waals surface area contributed by atoms with Crippen molar-refractivity contribution in [2.24, 2.45) is 0 Å². The van der Waals surface area contributed by atoms with E-state index in [-0.39, 0.29) is 0 Å². The van der Waals surface area contributed by atoms with Gasteiger partial charge >= 0.3 is 0 Å². The molecule has 0 unspecified atom stereocenters. The van der Waals surface area contributed by atoms with Crippen LogP contribution in [0.25, 0.3) is 0 Å². The van der Waals surface area contributed by atoms with Crippen molar-refractivity contribution in [3.8, 4) is 0 Å². The number of hydrogen-bond donors (Lipinski definition) is 2. The zero-order chi connectivity index (χ0) is 9.30. The molecule has 3 nitrogen and oxygen atoms in total. The second kappa shape index (κ2) is 2.88. The Bertz CT molecular complexity index is 300. The molecule has 0 bridgehead atoms. The molecule has 0 radical (unpaired) electrons. The summed E-state index contributed by atoms with van der Waals surface area (Å²) in [6.07, 6.45) is -2.07. The van der Waals surface area contributed by atoms with Gasteiger partial charge < -0.3 is 11.5 Å². The van der Waals surface area contributed by atoms with Gasteiger partial charge in [-0.15, -0.1) is 0 Å². The van der Waals surface area contributed by atoms with E-state index in [1.807, 2.05) is 0 Å². The van der Waals surface area contributed by atoms with Gasteiger partial charge in [0, 0.05) is 0 Å². The Morgan fingerprint density at radius 1 is 1.33 bits per heavy atom. The largest absolute Gasteiger partial charge is 0.397 e. The third-order valence-electron chi connectivity index (χ3n) is 1.33. The molecular weight excluding hydrogens is 171 g/mol. The number of alkyl halides is 2. The molecule has 0 fully saturated rings. The minimum absolute atomic E-state index is 0.392. The first-order valence-electron chi connectivity index (χ1n) is 3.01. The Kier molecular flexibility index (Phi) is 2.07. The number of nitrogens with zero attached hydrogens (tertiary/aromatic N) is 1. The van der Waals surface area contributed by atoms with Gasteiger partial charge in [0.25, 0.3) is 6.43 Å². The molecule has 0 aliphatic rings. The number of halogens is 3. The number of rotatable bonds is 1. The quantitative estimate of drug-likeness (QED) is 0.679. The van der Waals surface area contributed by atoms with Gasteiger partial charge in [-0.2, -0.15) is 0 Å². The first-order valence-corrected chi connectivity index (χ1v) is 3.01. The van der Waals surface area contributed by atoms with Gasteiger partial charge in [-0.1, -0.05) is 0 Å². The first-order chi connectivity index (χ1) is 5.54. The molecule has 0 aliphatic heterocycles. The van der Waals surface area contributed by atoms with Crippen LogP contribution in [0.3, 0.4) is 0 Å². The van der Waals surface area contributed by atoms with Gasteiger partial charge in [0.15, 0.2) is 11.6 Å². The fourth-order valence-electron chi connectivity index (χ4n) is 0.752. The van der Waals surface area contributed by atoms with Gasteiger partial charge in [0.05, 0.1) is 17.4 Å². The predicted molar refractivity (Wildman–Crippen MR) is 38.0 cm³/mol.